The molecule has 1 aliphatic rings. The van der Waals surface area contributed by atoms with Gasteiger partial charge >= 0.3 is 0 Å². The number of ether oxygens (including phenoxy) is 1. The fraction of sp³-hybridized carbons (Fsp3) is 0.308. The molecule has 0 radical (unpaired) electrons. The van der Waals surface area contributed by atoms with Gasteiger partial charge in [-0.2, -0.15) is 0 Å². The topological polar surface area (TPSA) is 76.6 Å². The number of hydrogen-bond donors (Lipinski definition) is 0. The van der Waals surface area contributed by atoms with Crippen molar-refractivity contribution < 1.29 is 31.1 Å². The third-order valence-electron chi connectivity index (χ3n) is 5.87. The number of sulfone groups is 1. The summed E-state index contributed by atoms with van der Waals surface area (Å²) in [6, 6.07) is 15.5. The van der Waals surface area contributed by atoms with E-state index >= 15 is 0 Å². The first kappa shape index (κ1) is 25.7. The van der Waals surface area contributed by atoms with Gasteiger partial charge in [-0.1, -0.05) is 24.3 Å². The van der Waals surface area contributed by atoms with Crippen LogP contribution in [0.15, 0.2) is 77.8 Å². The van der Waals surface area contributed by atoms with Crippen LogP contribution < -0.4 is 4.74 Å². The second-order valence-electron chi connectivity index (χ2n) is 8.58. The fourth-order valence-electron chi connectivity index (χ4n) is 4.08. The minimum absolute atomic E-state index is 0.00230. The van der Waals surface area contributed by atoms with Crippen LogP contribution in [0.5, 0.6) is 5.75 Å². The predicted molar refractivity (Wildman–Crippen MR) is 127 cm³/mol. The Morgan fingerprint density at radius 1 is 1.03 bits per heavy atom. The number of halogens is 3. The van der Waals surface area contributed by atoms with Gasteiger partial charge in [-0.05, 0) is 61.2 Å². The van der Waals surface area contributed by atoms with E-state index in [4.69, 9.17) is 4.74 Å². The summed E-state index contributed by atoms with van der Waals surface area (Å²) < 4.78 is 70.5. The van der Waals surface area contributed by atoms with Gasteiger partial charge < -0.3 is 9.64 Å². The Bertz CT molecular complexity index is 1280. The van der Waals surface area contributed by atoms with Crippen LogP contribution in [0.3, 0.4) is 0 Å². The number of aromatic nitrogens is 1. The summed E-state index contributed by atoms with van der Waals surface area (Å²) in [6.45, 7) is -0.787. The van der Waals surface area contributed by atoms with Crippen LogP contribution in [0, 0.1) is 11.7 Å². The molecule has 1 aromatic heterocycles. The largest absolute Gasteiger partial charge is 0.487 e. The molecule has 0 saturated heterocycles. The summed E-state index contributed by atoms with van der Waals surface area (Å²) in [7, 11) is -4.07. The molecule has 0 spiro atoms. The van der Waals surface area contributed by atoms with Crippen molar-refractivity contribution in [2.45, 2.75) is 36.7 Å². The molecule has 10 heteroatoms. The fourth-order valence-corrected chi connectivity index (χ4v) is 5.28. The normalized spacial score (nSPS) is 14.4. The Labute approximate surface area is 207 Å². The Kier molecular flexibility index (Phi) is 7.93. The van der Waals surface area contributed by atoms with E-state index in [1.165, 1.54) is 4.90 Å². The van der Waals surface area contributed by atoms with Crippen LogP contribution >= 0.6 is 0 Å². The third kappa shape index (κ3) is 6.42. The molecule has 2 aromatic carbocycles. The molecule has 0 aliphatic heterocycles. The molecule has 3 aromatic rings. The monoisotopic (exact) mass is 518 g/mol. The Hall–Kier alpha value is -3.40. The maximum absolute atomic E-state index is 13.6. The van der Waals surface area contributed by atoms with E-state index in [1.807, 2.05) is 0 Å². The van der Waals surface area contributed by atoms with Gasteiger partial charge in [-0.25, -0.2) is 21.6 Å². The van der Waals surface area contributed by atoms with Crippen LogP contribution in [0.4, 0.5) is 13.2 Å². The average Bonchev–Trinajstić information content (AvgIpc) is 3.69. The Balaban J connectivity index is 1.70. The van der Waals surface area contributed by atoms with Crippen molar-refractivity contribution in [1.29, 1.82) is 0 Å². The minimum Gasteiger partial charge on any atom is -0.487 e. The third-order valence-corrected chi connectivity index (χ3v) is 7.49. The molecule has 190 valence electrons. The van der Waals surface area contributed by atoms with Crippen LogP contribution in [-0.2, 0) is 21.2 Å². The first-order valence-corrected chi connectivity index (χ1v) is 13.1. The molecular weight excluding hydrogens is 493 g/mol. The lowest BCUT2D eigenvalue weighted by Gasteiger charge is -2.33. The summed E-state index contributed by atoms with van der Waals surface area (Å²) in [5.41, 5.74) is 1.07. The number of pyridine rings is 1. The summed E-state index contributed by atoms with van der Waals surface area (Å²) >= 11 is 0. The molecule has 1 fully saturated rings. The molecule has 1 unspecified atom stereocenters. The molecule has 1 aliphatic carbocycles. The Morgan fingerprint density at radius 2 is 1.72 bits per heavy atom. The lowest BCUT2D eigenvalue weighted by molar-refractivity contribution is -0.132. The van der Waals surface area contributed by atoms with Crippen molar-refractivity contribution in [2.24, 2.45) is 5.92 Å². The average molecular weight is 519 g/mol. The number of rotatable bonds is 11. The number of amides is 1. The second-order valence-corrected chi connectivity index (χ2v) is 10.6. The molecule has 0 bridgehead atoms. The van der Waals surface area contributed by atoms with Gasteiger partial charge in [0.05, 0.1) is 23.2 Å². The van der Waals surface area contributed by atoms with Gasteiger partial charge in [-0.3, -0.25) is 9.78 Å². The summed E-state index contributed by atoms with van der Waals surface area (Å²) in [4.78, 5) is 19.2. The Morgan fingerprint density at radius 3 is 2.36 bits per heavy atom. The molecule has 0 N–H and O–H groups in total. The number of carbonyl (C=O) groups is 1. The highest BCUT2D eigenvalue weighted by atomic mass is 32.2. The van der Waals surface area contributed by atoms with E-state index in [2.05, 4.69) is 4.98 Å². The maximum Gasteiger partial charge on any atom is 0.272 e. The molecular formula is C26H25F3N2O4S. The van der Waals surface area contributed by atoms with Crippen molar-refractivity contribution in [3.05, 3.63) is 90.0 Å². The highest BCUT2D eigenvalue weighted by Gasteiger charge is 2.41. The zero-order chi connectivity index (χ0) is 25.7. The predicted octanol–water partition coefficient (Wildman–Crippen LogP) is 4.82. The molecule has 1 saturated carbocycles. The minimum atomic E-state index is -4.07. The van der Waals surface area contributed by atoms with Crippen molar-refractivity contribution in [1.82, 2.24) is 9.88 Å². The van der Waals surface area contributed by atoms with Crippen molar-refractivity contribution in [3.8, 4) is 5.75 Å². The van der Waals surface area contributed by atoms with Crippen molar-refractivity contribution in [3.63, 3.8) is 0 Å². The molecule has 1 amide bonds. The van der Waals surface area contributed by atoms with Crippen LogP contribution in [0.2, 0.25) is 0 Å². The number of para-hydroxylation sites is 1. The smallest absolute Gasteiger partial charge is 0.272 e. The van der Waals surface area contributed by atoms with Gasteiger partial charge in [-0.15, -0.1) is 0 Å². The molecule has 1 atom stereocenters. The number of alkyl halides is 2. The molecule has 4 rings (SSSR count). The lowest BCUT2D eigenvalue weighted by atomic mass is 9.98. The highest BCUT2D eigenvalue weighted by Crippen LogP contribution is 2.47. The van der Waals surface area contributed by atoms with Gasteiger partial charge in [0.25, 0.3) is 6.43 Å². The molecule has 6 nitrogen and oxygen atoms in total. The SMILES string of the molecule is O=C(CS(=O)(=O)c1ccc(F)cc1)N(Cc1ccccn1)C(c1ccccc1OCC(F)F)C1CC1. The lowest BCUT2D eigenvalue weighted by Crippen LogP contribution is -2.39. The van der Waals surface area contributed by atoms with Crippen molar-refractivity contribution in [2.75, 3.05) is 12.4 Å². The van der Waals surface area contributed by atoms with E-state index in [0.717, 1.165) is 37.1 Å². The number of nitrogens with zero attached hydrogens (tertiary/aromatic N) is 2. The van der Waals surface area contributed by atoms with Gasteiger partial charge in [0.15, 0.2) is 9.84 Å². The van der Waals surface area contributed by atoms with Gasteiger partial charge in [0.1, 0.15) is 23.9 Å². The summed E-state index contributed by atoms with van der Waals surface area (Å²) in [5.74, 6) is -1.89. The quantitative estimate of drug-likeness (QED) is 0.340. The van der Waals surface area contributed by atoms with Crippen molar-refractivity contribution >= 4 is 15.7 Å². The first-order chi connectivity index (χ1) is 17.2. The van der Waals surface area contributed by atoms with E-state index in [9.17, 15) is 26.4 Å². The van der Waals surface area contributed by atoms with Crippen LogP contribution in [-0.4, -0.2) is 43.0 Å². The van der Waals surface area contributed by atoms with Gasteiger partial charge in [0.2, 0.25) is 5.91 Å². The standard InChI is InChI=1S/C26H25F3N2O4S/c27-19-10-12-21(13-11-19)36(33,34)17-25(32)31(15-20-5-3-4-14-30-20)26(18-8-9-18)22-6-1-2-7-23(22)35-16-24(28)29/h1-7,10-14,18,24,26H,8-9,15-17H2. The molecule has 1 heterocycles. The zero-order valence-corrected chi connectivity index (χ0v) is 20.1. The molecule has 36 heavy (non-hydrogen) atoms. The number of benzene rings is 2. The van der Waals surface area contributed by atoms with E-state index in [0.29, 0.717) is 11.3 Å². The second kappa shape index (κ2) is 11.1. The summed E-state index contributed by atoms with van der Waals surface area (Å²) in [5, 5.41) is 0. The zero-order valence-electron chi connectivity index (χ0n) is 19.3. The van der Waals surface area contributed by atoms with Crippen LogP contribution in [0.25, 0.3) is 0 Å². The highest BCUT2D eigenvalue weighted by molar-refractivity contribution is 7.92. The number of hydrogen-bond acceptors (Lipinski definition) is 5. The van der Waals surface area contributed by atoms with Gasteiger partial charge in [0, 0.05) is 11.8 Å². The van der Waals surface area contributed by atoms with Crippen LogP contribution in [0.1, 0.15) is 30.1 Å². The first-order valence-electron chi connectivity index (χ1n) is 11.4. The maximum atomic E-state index is 13.6. The summed E-state index contributed by atoms with van der Waals surface area (Å²) in [6.07, 6.45) is 0.457. The van der Waals surface area contributed by atoms with E-state index in [1.54, 1.807) is 48.7 Å². The van der Waals surface area contributed by atoms with E-state index < -0.39 is 46.4 Å². The van der Waals surface area contributed by atoms with E-state index in [-0.39, 0.29) is 23.1 Å². The number of carbonyl (C=O) groups excluding carboxylic acids is 1.